The van der Waals surface area contributed by atoms with Gasteiger partial charge in [0.05, 0.1) is 15.3 Å². The topological polar surface area (TPSA) is 82.0 Å². The highest BCUT2D eigenvalue weighted by atomic mass is 35.5. The van der Waals surface area contributed by atoms with Gasteiger partial charge >= 0.3 is 0 Å². The summed E-state index contributed by atoms with van der Waals surface area (Å²) >= 11 is 1.36. The highest BCUT2D eigenvalue weighted by Gasteiger charge is 2.36. The molecule has 2 aromatic rings. The number of hydrogen-bond donors (Lipinski definition) is 1. The molecule has 0 bridgehead atoms. The molecule has 2 N–H and O–H groups in total. The third kappa shape index (κ3) is 2.63. The van der Waals surface area contributed by atoms with Gasteiger partial charge in [-0.2, -0.15) is 4.98 Å². The van der Waals surface area contributed by atoms with Gasteiger partial charge in [-0.05, 0) is 31.9 Å². The first-order valence-corrected chi connectivity index (χ1v) is 7.14. The average molecular weight is 314 g/mol. The van der Waals surface area contributed by atoms with Crippen molar-refractivity contribution >= 4 is 29.5 Å². The summed E-state index contributed by atoms with van der Waals surface area (Å²) < 4.78 is 5.28. The van der Waals surface area contributed by atoms with E-state index in [4.69, 9.17) is 10.3 Å². The van der Waals surface area contributed by atoms with Crippen LogP contribution in [0.4, 0.5) is 0 Å². The van der Waals surface area contributed by atoms with Crippen LogP contribution in [0, 0.1) is 0 Å². The van der Waals surface area contributed by atoms with Gasteiger partial charge < -0.3 is 10.3 Å². The molecule has 0 aromatic carbocycles. The Hall–Kier alpha value is -1.24. The molecule has 0 spiro atoms. The number of nitrogens with zero attached hydrogens (tertiary/aromatic N) is 2. The summed E-state index contributed by atoms with van der Waals surface area (Å²) in [6, 6.07) is 3.61. The van der Waals surface area contributed by atoms with Crippen molar-refractivity contribution in [3.63, 3.8) is 0 Å². The van der Waals surface area contributed by atoms with Gasteiger partial charge in [-0.25, -0.2) is 0 Å². The zero-order chi connectivity index (χ0) is 13.5. The summed E-state index contributed by atoms with van der Waals surface area (Å²) in [4.78, 5) is 17.2. The maximum atomic E-state index is 11.3. The van der Waals surface area contributed by atoms with Crippen LogP contribution in [0.15, 0.2) is 16.7 Å². The van der Waals surface area contributed by atoms with Crippen LogP contribution in [0.3, 0.4) is 0 Å². The lowest BCUT2D eigenvalue weighted by Gasteiger charge is -2.17. The van der Waals surface area contributed by atoms with Gasteiger partial charge in [-0.1, -0.05) is 18.0 Å². The molecule has 1 fully saturated rings. The second-order valence-corrected chi connectivity index (χ2v) is 6.09. The van der Waals surface area contributed by atoms with E-state index >= 15 is 0 Å². The molecule has 2 heterocycles. The van der Waals surface area contributed by atoms with Crippen LogP contribution in [0.1, 0.15) is 48.1 Å². The second kappa shape index (κ2) is 5.63. The van der Waals surface area contributed by atoms with Crippen LogP contribution in [0.25, 0.3) is 10.8 Å². The molecule has 20 heavy (non-hydrogen) atoms. The van der Waals surface area contributed by atoms with Crippen molar-refractivity contribution in [3.8, 4) is 10.8 Å². The number of ketones is 1. The number of carbonyl (C=O) groups is 1. The van der Waals surface area contributed by atoms with Crippen molar-refractivity contribution in [1.82, 2.24) is 10.1 Å². The van der Waals surface area contributed by atoms with E-state index in [1.165, 1.54) is 11.3 Å². The van der Waals surface area contributed by atoms with Gasteiger partial charge in [0.15, 0.2) is 11.6 Å². The number of Topliss-reactive ketones (excluding diaryl/α,β-unsaturated/α-hetero) is 1. The van der Waals surface area contributed by atoms with Crippen LogP contribution in [0.2, 0.25) is 0 Å². The van der Waals surface area contributed by atoms with E-state index < -0.39 is 5.54 Å². The van der Waals surface area contributed by atoms with Crippen LogP contribution < -0.4 is 5.73 Å². The number of hydrogen-bond acceptors (Lipinski definition) is 6. The monoisotopic (exact) mass is 313 g/mol. The molecule has 108 valence electrons. The van der Waals surface area contributed by atoms with Gasteiger partial charge in [0, 0.05) is 0 Å². The Morgan fingerprint density at radius 2 is 2.10 bits per heavy atom. The second-order valence-electron chi connectivity index (χ2n) is 5.01. The van der Waals surface area contributed by atoms with E-state index in [1.54, 1.807) is 13.0 Å². The average Bonchev–Trinajstić information content (AvgIpc) is 3.08. The van der Waals surface area contributed by atoms with Gasteiger partial charge in [0.1, 0.15) is 0 Å². The number of carbonyl (C=O) groups excluding carboxylic acids is 1. The molecule has 1 aliphatic carbocycles. The summed E-state index contributed by atoms with van der Waals surface area (Å²) in [5, 5.41) is 4.01. The molecular formula is C13H16ClN3O2S. The van der Waals surface area contributed by atoms with Crippen molar-refractivity contribution < 1.29 is 9.32 Å². The predicted octanol–water partition coefficient (Wildman–Crippen LogP) is 3.15. The standard InChI is InChI=1S/C13H15N3O2S.ClH/c1-8(17)9-4-5-10(19-9)11-15-12(16-18-11)13(14)6-2-3-7-13;/h4-5H,2-3,6-7,14H2,1H3;1H. The highest BCUT2D eigenvalue weighted by molar-refractivity contribution is 7.17. The lowest BCUT2D eigenvalue weighted by atomic mass is 9.99. The van der Waals surface area contributed by atoms with Gasteiger partial charge in [0.25, 0.3) is 5.89 Å². The summed E-state index contributed by atoms with van der Waals surface area (Å²) in [7, 11) is 0. The third-order valence-corrected chi connectivity index (χ3v) is 4.70. The predicted molar refractivity (Wildman–Crippen MR) is 79.2 cm³/mol. The molecule has 0 radical (unpaired) electrons. The number of thiophene rings is 1. The molecule has 0 unspecified atom stereocenters. The number of nitrogens with two attached hydrogens (primary N) is 1. The molecule has 0 saturated heterocycles. The maximum Gasteiger partial charge on any atom is 0.268 e. The smallest absolute Gasteiger partial charge is 0.268 e. The Morgan fingerprint density at radius 1 is 1.40 bits per heavy atom. The molecule has 3 rings (SSSR count). The van der Waals surface area contributed by atoms with E-state index in [1.807, 2.05) is 6.07 Å². The van der Waals surface area contributed by atoms with E-state index in [0.29, 0.717) is 16.6 Å². The van der Waals surface area contributed by atoms with E-state index in [-0.39, 0.29) is 18.2 Å². The number of halogens is 1. The van der Waals surface area contributed by atoms with Crippen LogP contribution in [0.5, 0.6) is 0 Å². The molecule has 0 amide bonds. The fourth-order valence-corrected chi connectivity index (χ4v) is 3.22. The zero-order valence-electron chi connectivity index (χ0n) is 11.1. The molecule has 0 aliphatic heterocycles. The molecular weight excluding hydrogens is 298 g/mol. The van der Waals surface area contributed by atoms with Gasteiger partial charge in [0.2, 0.25) is 0 Å². The van der Waals surface area contributed by atoms with Crippen molar-refractivity contribution in [3.05, 3.63) is 22.8 Å². The van der Waals surface area contributed by atoms with Crippen LogP contribution >= 0.6 is 23.7 Å². The first-order chi connectivity index (χ1) is 9.08. The first kappa shape index (κ1) is 15.2. The maximum absolute atomic E-state index is 11.3. The van der Waals surface area contributed by atoms with Crippen LogP contribution in [-0.4, -0.2) is 15.9 Å². The lowest BCUT2D eigenvalue weighted by Crippen LogP contribution is -2.34. The van der Waals surface area contributed by atoms with Crippen molar-refractivity contribution in [1.29, 1.82) is 0 Å². The lowest BCUT2D eigenvalue weighted by molar-refractivity contribution is 0.102. The Bertz CT molecular complexity index is 617. The summed E-state index contributed by atoms with van der Waals surface area (Å²) in [6.07, 6.45) is 4.01. The molecule has 2 aromatic heterocycles. The molecule has 7 heteroatoms. The third-order valence-electron chi connectivity index (χ3n) is 3.53. The Balaban J connectivity index is 0.00000147. The minimum absolute atomic E-state index is 0. The quantitative estimate of drug-likeness (QED) is 0.880. The Kier molecular flexibility index (Phi) is 4.27. The number of rotatable bonds is 3. The van der Waals surface area contributed by atoms with E-state index in [0.717, 1.165) is 30.6 Å². The van der Waals surface area contributed by atoms with Gasteiger partial charge in [-0.3, -0.25) is 4.79 Å². The fourth-order valence-electron chi connectivity index (χ4n) is 2.40. The minimum Gasteiger partial charge on any atom is -0.333 e. The molecule has 1 aliphatic rings. The zero-order valence-corrected chi connectivity index (χ0v) is 12.7. The fraction of sp³-hybridized carbons (Fsp3) is 0.462. The normalized spacial score (nSPS) is 16.9. The van der Waals surface area contributed by atoms with Crippen molar-refractivity contribution in [2.45, 2.75) is 38.1 Å². The Morgan fingerprint density at radius 3 is 2.70 bits per heavy atom. The SMILES string of the molecule is CC(=O)c1ccc(-c2nc(C3(N)CCCC3)no2)s1.Cl. The summed E-state index contributed by atoms with van der Waals surface area (Å²) in [5.74, 6) is 1.07. The van der Waals surface area contributed by atoms with E-state index in [2.05, 4.69) is 10.1 Å². The van der Waals surface area contributed by atoms with Crippen molar-refractivity contribution in [2.24, 2.45) is 5.73 Å². The van der Waals surface area contributed by atoms with Crippen LogP contribution in [-0.2, 0) is 5.54 Å². The molecule has 5 nitrogen and oxygen atoms in total. The molecule has 1 saturated carbocycles. The highest BCUT2D eigenvalue weighted by Crippen LogP contribution is 2.36. The van der Waals surface area contributed by atoms with Crippen molar-refractivity contribution in [2.75, 3.05) is 0 Å². The first-order valence-electron chi connectivity index (χ1n) is 6.33. The summed E-state index contributed by atoms with van der Waals surface area (Å²) in [6.45, 7) is 1.54. The molecule has 0 atom stereocenters. The minimum atomic E-state index is -0.442. The Labute approximate surface area is 127 Å². The largest absolute Gasteiger partial charge is 0.333 e. The van der Waals surface area contributed by atoms with E-state index in [9.17, 15) is 4.79 Å². The number of aromatic nitrogens is 2. The van der Waals surface area contributed by atoms with Gasteiger partial charge in [-0.15, -0.1) is 23.7 Å². The summed E-state index contributed by atoms with van der Waals surface area (Å²) in [5.41, 5.74) is 5.85.